The molecule has 3 nitrogen and oxygen atoms in total. The number of carbonyl (C=O) groups is 1. The van der Waals surface area contributed by atoms with Crippen molar-refractivity contribution in [3.8, 4) is 5.75 Å². The van der Waals surface area contributed by atoms with Crippen LogP contribution in [0.25, 0.3) is 11.6 Å². The number of benzene rings is 3. The third-order valence-corrected chi connectivity index (χ3v) is 4.68. The van der Waals surface area contributed by atoms with Crippen LogP contribution in [0.1, 0.15) is 35.2 Å². The van der Waals surface area contributed by atoms with Gasteiger partial charge in [-0.2, -0.15) is 0 Å². The Bertz CT molecular complexity index is 942. The number of methoxy groups -OCH3 is 1. The number of rotatable bonds is 6. The molecule has 0 aliphatic heterocycles. The Balaban J connectivity index is 1.88. The molecule has 0 heterocycles. The summed E-state index contributed by atoms with van der Waals surface area (Å²) in [4.78, 5) is 13.1. The molecule has 0 fully saturated rings. The molecule has 1 amide bonds. The highest BCUT2D eigenvalue weighted by Crippen LogP contribution is 2.22. The van der Waals surface area contributed by atoms with Gasteiger partial charge in [0.1, 0.15) is 5.75 Å². The Morgan fingerprint density at radius 3 is 2.18 bits per heavy atom. The Morgan fingerprint density at radius 1 is 0.929 bits per heavy atom. The molecule has 0 aromatic heterocycles. The number of hydrogen-bond donors (Lipinski definition) is 1. The van der Waals surface area contributed by atoms with Crippen LogP contribution in [0.5, 0.6) is 5.75 Å². The quantitative estimate of drug-likeness (QED) is 0.464. The van der Waals surface area contributed by atoms with Gasteiger partial charge in [-0.05, 0) is 48.7 Å². The van der Waals surface area contributed by atoms with Gasteiger partial charge in [0.2, 0.25) is 0 Å². The van der Waals surface area contributed by atoms with Gasteiger partial charge in [-0.1, -0.05) is 72.3 Å². The SMILES string of the molecule is COc1ccc(/C=C(/C(=O)N[C@H](C)c2ccc(C)cc2)c2ccccc2)cc1. The third kappa shape index (κ3) is 4.89. The summed E-state index contributed by atoms with van der Waals surface area (Å²) in [6, 6.07) is 25.5. The fourth-order valence-corrected chi connectivity index (χ4v) is 2.98. The molecule has 3 heteroatoms. The maximum atomic E-state index is 13.1. The first-order valence-corrected chi connectivity index (χ1v) is 9.35. The lowest BCUT2D eigenvalue weighted by molar-refractivity contribution is -0.116. The van der Waals surface area contributed by atoms with Crippen LogP contribution in [0, 0.1) is 6.92 Å². The molecule has 0 unspecified atom stereocenters. The van der Waals surface area contributed by atoms with Crippen LogP contribution in [-0.2, 0) is 4.79 Å². The molecule has 3 aromatic rings. The maximum Gasteiger partial charge on any atom is 0.252 e. The lowest BCUT2D eigenvalue weighted by Crippen LogP contribution is -2.27. The Labute approximate surface area is 166 Å². The second-order valence-corrected chi connectivity index (χ2v) is 6.80. The van der Waals surface area contributed by atoms with Crippen LogP contribution in [0.15, 0.2) is 78.9 Å². The van der Waals surface area contributed by atoms with Gasteiger partial charge in [0.15, 0.2) is 0 Å². The number of carbonyl (C=O) groups excluding carboxylic acids is 1. The summed E-state index contributed by atoms with van der Waals surface area (Å²) >= 11 is 0. The molecule has 0 saturated carbocycles. The summed E-state index contributed by atoms with van der Waals surface area (Å²) in [5.41, 5.74) is 4.73. The normalized spacial score (nSPS) is 12.3. The second kappa shape index (κ2) is 9.05. The Morgan fingerprint density at radius 2 is 1.57 bits per heavy atom. The first-order valence-electron chi connectivity index (χ1n) is 9.35. The van der Waals surface area contributed by atoms with Crippen LogP contribution in [-0.4, -0.2) is 13.0 Å². The monoisotopic (exact) mass is 371 g/mol. The highest BCUT2D eigenvalue weighted by atomic mass is 16.5. The number of ether oxygens (including phenoxy) is 1. The van der Waals surface area contributed by atoms with Gasteiger partial charge in [0, 0.05) is 5.57 Å². The molecular weight excluding hydrogens is 346 g/mol. The lowest BCUT2D eigenvalue weighted by atomic mass is 10.0. The molecule has 0 saturated heterocycles. The van der Waals surface area contributed by atoms with E-state index in [0.717, 1.165) is 22.4 Å². The highest BCUT2D eigenvalue weighted by Gasteiger charge is 2.15. The molecule has 0 bridgehead atoms. The van der Waals surface area contributed by atoms with Gasteiger partial charge in [0.25, 0.3) is 5.91 Å². The number of nitrogens with one attached hydrogen (secondary N) is 1. The van der Waals surface area contributed by atoms with E-state index < -0.39 is 0 Å². The summed E-state index contributed by atoms with van der Waals surface area (Å²) in [5.74, 6) is 0.686. The summed E-state index contributed by atoms with van der Waals surface area (Å²) in [7, 11) is 1.64. The van der Waals surface area contributed by atoms with Gasteiger partial charge in [-0.25, -0.2) is 0 Å². The Hall–Kier alpha value is -3.33. The van der Waals surface area contributed by atoms with E-state index in [1.54, 1.807) is 7.11 Å². The van der Waals surface area contributed by atoms with E-state index in [4.69, 9.17) is 4.74 Å². The lowest BCUT2D eigenvalue weighted by Gasteiger charge is -2.16. The van der Waals surface area contributed by atoms with E-state index in [9.17, 15) is 4.79 Å². The van der Waals surface area contributed by atoms with Crippen molar-refractivity contribution in [1.82, 2.24) is 5.32 Å². The van der Waals surface area contributed by atoms with E-state index in [2.05, 4.69) is 36.5 Å². The molecule has 0 aliphatic rings. The average molecular weight is 371 g/mol. The zero-order valence-electron chi connectivity index (χ0n) is 16.5. The molecule has 3 rings (SSSR count). The highest BCUT2D eigenvalue weighted by molar-refractivity contribution is 6.24. The van der Waals surface area contributed by atoms with Crippen molar-refractivity contribution in [2.75, 3.05) is 7.11 Å². The van der Waals surface area contributed by atoms with Crippen LogP contribution < -0.4 is 10.1 Å². The van der Waals surface area contributed by atoms with Gasteiger partial charge in [0.05, 0.1) is 13.2 Å². The van der Waals surface area contributed by atoms with E-state index in [0.29, 0.717) is 5.57 Å². The van der Waals surface area contributed by atoms with Gasteiger partial charge < -0.3 is 10.1 Å². The average Bonchev–Trinajstić information content (AvgIpc) is 2.73. The first-order chi connectivity index (χ1) is 13.6. The molecule has 0 aliphatic carbocycles. The van der Waals surface area contributed by atoms with Crippen molar-refractivity contribution in [1.29, 1.82) is 0 Å². The first kappa shape index (κ1) is 19.4. The van der Waals surface area contributed by atoms with Gasteiger partial charge in [-0.3, -0.25) is 4.79 Å². The predicted molar refractivity (Wildman–Crippen MR) is 115 cm³/mol. The molecule has 142 valence electrons. The molecule has 1 atom stereocenters. The second-order valence-electron chi connectivity index (χ2n) is 6.80. The van der Waals surface area contributed by atoms with Crippen LogP contribution >= 0.6 is 0 Å². The van der Waals surface area contributed by atoms with Gasteiger partial charge in [-0.15, -0.1) is 0 Å². The minimum absolute atomic E-state index is 0.0870. The summed E-state index contributed by atoms with van der Waals surface area (Å²) in [6.07, 6.45) is 1.91. The van der Waals surface area contributed by atoms with Crippen molar-refractivity contribution in [2.24, 2.45) is 0 Å². The third-order valence-electron chi connectivity index (χ3n) is 4.68. The molecular formula is C25H25NO2. The molecule has 28 heavy (non-hydrogen) atoms. The number of aryl methyl sites for hydroxylation is 1. The number of hydrogen-bond acceptors (Lipinski definition) is 2. The fourth-order valence-electron chi connectivity index (χ4n) is 2.98. The predicted octanol–water partition coefficient (Wildman–Crippen LogP) is 5.42. The zero-order chi connectivity index (χ0) is 19.9. The molecule has 0 spiro atoms. The van der Waals surface area contributed by atoms with Crippen molar-refractivity contribution >= 4 is 17.6 Å². The number of amides is 1. The van der Waals surface area contributed by atoms with Crippen LogP contribution in [0.4, 0.5) is 0 Å². The molecule has 1 N–H and O–H groups in total. The smallest absolute Gasteiger partial charge is 0.252 e. The van der Waals surface area contributed by atoms with Crippen molar-refractivity contribution in [2.45, 2.75) is 19.9 Å². The summed E-state index contributed by atoms with van der Waals surface area (Å²) in [5, 5.41) is 3.13. The molecule has 3 aromatic carbocycles. The zero-order valence-corrected chi connectivity index (χ0v) is 16.5. The van der Waals surface area contributed by atoms with Crippen LogP contribution in [0.2, 0.25) is 0 Å². The van der Waals surface area contributed by atoms with E-state index in [-0.39, 0.29) is 11.9 Å². The minimum Gasteiger partial charge on any atom is -0.497 e. The summed E-state index contributed by atoms with van der Waals surface area (Å²) < 4.78 is 5.22. The van der Waals surface area contributed by atoms with E-state index in [1.807, 2.05) is 67.6 Å². The van der Waals surface area contributed by atoms with Crippen molar-refractivity contribution in [3.63, 3.8) is 0 Å². The topological polar surface area (TPSA) is 38.3 Å². The molecule has 0 radical (unpaired) electrons. The van der Waals surface area contributed by atoms with Crippen molar-refractivity contribution in [3.05, 3.63) is 101 Å². The van der Waals surface area contributed by atoms with E-state index in [1.165, 1.54) is 5.56 Å². The maximum absolute atomic E-state index is 13.1. The standard InChI is InChI=1S/C25H25NO2/c1-18-9-13-21(14-10-18)19(2)26-25(27)24(22-7-5-4-6-8-22)17-20-11-15-23(28-3)16-12-20/h4-17,19H,1-3H3,(H,26,27)/b24-17+/t19-/m1/s1. The van der Waals surface area contributed by atoms with E-state index >= 15 is 0 Å². The van der Waals surface area contributed by atoms with Gasteiger partial charge >= 0.3 is 0 Å². The summed E-state index contributed by atoms with van der Waals surface area (Å²) in [6.45, 7) is 4.05. The fraction of sp³-hybridized carbons (Fsp3) is 0.160. The Kier molecular flexibility index (Phi) is 6.28. The van der Waals surface area contributed by atoms with Crippen LogP contribution in [0.3, 0.4) is 0 Å². The largest absolute Gasteiger partial charge is 0.497 e. The minimum atomic E-state index is -0.102. The van der Waals surface area contributed by atoms with Crippen molar-refractivity contribution < 1.29 is 9.53 Å².